The molecule has 0 saturated carbocycles. The van der Waals surface area contributed by atoms with Crippen LogP contribution in [0, 0.1) is 5.82 Å². The van der Waals surface area contributed by atoms with Crippen LogP contribution in [0.1, 0.15) is 5.56 Å². The van der Waals surface area contributed by atoms with Crippen molar-refractivity contribution in [1.29, 1.82) is 0 Å². The Labute approximate surface area is 129 Å². The monoisotopic (exact) mass is 321 g/mol. The van der Waals surface area contributed by atoms with E-state index in [4.69, 9.17) is 4.74 Å². The summed E-state index contributed by atoms with van der Waals surface area (Å²) in [6, 6.07) is 8.88. The van der Waals surface area contributed by atoms with Crippen molar-refractivity contribution >= 4 is 23.1 Å². The van der Waals surface area contributed by atoms with Crippen LogP contribution >= 0.6 is 23.1 Å². The van der Waals surface area contributed by atoms with E-state index in [0.717, 1.165) is 16.3 Å². The van der Waals surface area contributed by atoms with Gasteiger partial charge in [0.2, 0.25) is 5.16 Å². The molecule has 1 N–H and O–H groups in total. The summed E-state index contributed by atoms with van der Waals surface area (Å²) >= 11 is 3.06. The van der Waals surface area contributed by atoms with Crippen LogP contribution in [0.15, 0.2) is 40.9 Å². The lowest BCUT2D eigenvalue weighted by molar-refractivity contribution is 0.386. The largest absolute Gasteiger partial charge is 0.494 e. The Kier molecular flexibility index (Phi) is 4.21. The number of methoxy groups -OCH3 is 1. The Hall–Kier alpha value is -1.86. The van der Waals surface area contributed by atoms with E-state index in [0.29, 0.717) is 10.9 Å². The van der Waals surface area contributed by atoms with E-state index in [9.17, 15) is 4.39 Å². The molecule has 2 aromatic heterocycles. The van der Waals surface area contributed by atoms with Gasteiger partial charge in [-0.2, -0.15) is 0 Å². The maximum absolute atomic E-state index is 13.6. The summed E-state index contributed by atoms with van der Waals surface area (Å²) in [5.41, 5.74) is 0.862. The van der Waals surface area contributed by atoms with E-state index >= 15 is 0 Å². The molecule has 0 unspecified atom stereocenters. The van der Waals surface area contributed by atoms with Gasteiger partial charge in [-0.05, 0) is 29.1 Å². The molecule has 1 aromatic carbocycles. The number of hydrogen-bond donors (Lipinski definition) is 1. The average molecular weight is 321 g/mol. The van der Waals surface area contributed by atoms with Gasteiger partial charge in [0.1, 0.15) is 0 Å². The van der Waals surface area contributed by atoms with E-state index < -0.39 is 0 Å². The molecule has 3 aromatic rings. The fraction of sp³-hybridized carbons (Fsp3) is 0.143. The number of aromatic amines is 1. The lowest BCUT2D eigenvalue weighted by Crippen LogP contribution is -1.90. The minimum Gasteiger partial charge on any atom is -0.494 e. The van der Waals surface area contributed by atoms with Crippen LogP contribution in [0.5, 0.6) is 5.75 Å². The van der Waals surface area contributed by atoms with Crippen LogP contribution in [-0.2, 0) is 5.75 Å². The molecule has 0 bridgehead atoms. The molecule has 2 heterocycles. The zero-order valence-corrected chi connectivity index (χ0v) is 12.8. The molecule has 0 aliphatic heterocycles. The summed E-state index contributed by atoms with van der Waals surface area (Å²) < 4.78 is 18.5. The molecule has 0 atom stereocenters. The smallest absolute Gasteiger partial charge is 0.209 e. The zero-order chi connectivity index (χ0) is 14.7. The summed E-state index contributed by atoms with van der Waals surface area (Å²) in [6.07, 6.45) is 0. The quantitative estimate of drug-likeness (QED) is 0.722. The Morgan fingerprint density at radius 3 is 3.00 bits per heavy atom. The Morgan fingerprint density at radius 1 is 1.38 bits per heavy atom. The van der Waals surface area contributed by atoms with E-state index in [1.807, 2.05) is 23.6 Å². The molecule has 0 fully saturated rings. The van der Waals surface area contributed by atoms with E-state index in [-0.39, 0.29) is 11.6 Å². The number of benzene rings is 1. The number of hydrogen-bond acceptors (Lipinski definition) is 5. The molecule has 21 heavy (non-hydrogen) atoms. The molecule has 0 saturated heterocycles. The lowest BCUT2D eigenvalue weighted by Gasteiger charge is -2.03. The van der Waals surface area contributed by atoms with Crippen molar-refractivity contribution in [3.8, 4) is 16.5 Å². The summed E-state index contributed by atoms with van der Waals surface area (Å²) in [6.45, 7) is 0. The van der Waals surface area contributed by atoms with Gasteiger partial charge in [0.05, 0.1) is 12.0 Å². The van der Waals surface area contributed by atoms with Crippen LogP contribution in [-0.4, -0.2) is 22.3 Å². The molecule has 4 nitrogen and oxygen atoms in total. The molecular formula is C14H12FN3OS2. The maximum atomic E-state index is 13.6. The minimum absolute atomic E-state index is 0.252. The van der Waals surface area contributed by atoms with Gasteiger partial charge < -0.3 is 4.74 Å². The van der Waals surface area contributed by atoms with Crippen molar-refractivity contribution < 1.29 is 9.13 Å². The third-order valence-corrected chi connectivity index (χ3v) is 4.60. The van der Waals surface area contributed by atoms with Crippen LogP contribution < -0.4 is 4.74 Å². The van der Waals surface area contributed by atoms with Crippen LogP contribution in [0.2, 0.25) is 0 Å². The number of rotatable bonds is 5. The predicted octanol–water partition coefficient (Wildman–Crippen LogP) is 3.97. The molecule has 7 heteroatoms. The zero-order valence-electron chi connectivity index (χ0n) is 11.2. The van der Waals surface area contributed by atoms with Crippen molar-refractivity contribution in [3.05, 3.63) is 47.1 Å². The Morgan fingerprint density at radius 2 is 2.29 bits per heavy atom. The number of thiophene rings is 1. The van der Waals surface area contributed by atoms with Gasteiger partial charge in [0.15, 0.2) is 17.4 Å². The lowest BCUT2D eigenvalue weighted by atomic mass is 10.2. The molecule has 0 aliphatic rings. The van der Waals surface area contributed by atoms with Gasteiger partial charge in [0.25, 0.3) is 0 Å². The summed E-state index contributed by atoms with van der Waals surface area (Å²) in [7, 11) is 1.45. The fourth-order valence-corrected chi connectivity index (χ4v) is 3.19. The predicted molar refractivity (Wildman–Crippen MR) is 82.2 cm³/mol. The highest BCUT2D eigenvalue weighted by Crippen LogP contribution is 2.26. The standard InChI is InChI=1S/C14H12FN3OS2/c1-19-11-5-4-9(7-10(11)15)8-21-14-16-13(17-18-14)12-3-2-6-20-12/h2-7H,8H2,1H3,(H,16,17,18). The summed E-state index contributed by atoms with van der Waals surface area (Å²) in [5, 5.41) is 9.71. The van der Waals surface area contributed by atoms with E-state index in [2.05, 4.69) is 15.2 Å². The number of halogens is 1. The Balaban J connectivity index is 1.66. The Bertz CT molecular complexity index is 728. The number of H-pyrrole nitrogens is 1. The normalized spacial score (nSPS) is 10.8. The number of aromatic nitrogens is 3. The third-order valence-electron chi connectivity index (χ3n) is 2.80. The molecule has 0 spiro atoms. The van der Waals surface area contributed by atoms with Gasteiger partial charge in [-0.15, -0.1) is 16.4 Å². The summed E-state index contributed by atoms with van der Waals surface area (Å²) in [5.74, 6) is 1.25. The minimum atomic E-state index is -0.357. The van der Waals surface area contributed by atoms with E-state index in [1.54, 1.807) is 17.4 Å². The highest BCUT2D eigenvalue weighted by atomic mass is 32.2. The van der Waals surface area contributed by atoms with Crippen molar-refractivity contribution in [1.82, 2.24) is 15.2 Å². The molecule has 0 amide bonds. The highest BCUT2D eigenvalue weighted by Gasteiger charge is 2.08. The van der Waals surface area contributed by atoms with Crippen LogP contribution in [0.25, 0.3) is 10.7 Å². The first-order chi connectivity index (χ1) is 10.3. The first-order valence-corrected chi connectivity index (χ1v) is 8.04. The highest BCUT2D eigenvalue weighted by molar-refractivity contribution is 7.98. The van der Waals surface area contributed by atoms with Gasteiger partial charge in [-0.3, -0.25) is 5.10 Å². The SMILES string of the molecule is COc1ccc(CSc2n[nH]c(-c3cccs3)n2)cc1F. The fourth-order valence-electron chi connectivity index (χ4n) is 1.78. The number of nitrogens with zero attached hydrogens (tertiary/aromatic N) is 2. The second-order valence-electron chi connectivity index (χ2n) is 4.20. The molecule has 0 aliphatic carbocycles. The maximum Gasteiger partial charge on any atom is 0.209 e. The first kappa shape index (κ1) is 14.1. The molecule has 0 radical (unpaired) electrons. The number of thioether (sulfide) groups is 1. The topological polar surface area (TPSA) is 50.8 Å². The van der Waals surface area contributed by atoms with Gasteiger partial charge >= 0.3 is 0 Å². The first-order valence-electron chi connectivity index (χ1n) is 6.18. The van der Waals surface area contributed by atoms with Crippen molar-refractivity contribution in [2.45, 2.75) is 10.9 Å². The van der Waals surface area contributed by atoms with Crippen LogP contribution in [0.3, 0.4) is 0 Å². The molecule has 108 valence electrons. The van der Waals surface area contributed by atoms with E-state index in [1.165, 1.54) is 24.9 Å². The number of nitrogens with one attached hydrogen (secondary N) is 1. The second kappa shape index (κ2) is 6.28. The van der Waals surface area contributed by atoms with Crippen LogP contribution in [0.4, 0.5) is 4.39 Å². The number of ether oxygens (including phenoxy) is 1. The van der Waals surface area contributed by atoms with Crippen molar-refractivity contribution in [2.24, 2.45) is 0 Å². The van der Waals surface area contributed by atoms with Crippen molar-refractivity contribution in [3.63, 3.8) is 0 Å². The molecule has 3 rings (SSSR count). The molecular weight excluding hydrogens is 309 g/mol. The van der Waals surface area contributed by atoms with Gasteiger partial charge in [-0.1, -0.05) is 23.9 Å². The second-order valence-corrected chi connectivity index (χ2v) is 6.09. The third kappa shape index (κ3) is 3.25. The summed E-state index contributed by atoms with van der Waals surface area (Å²) in [4.78, 5) is 5.46. The van der Waals surface area contributed by atoms with Gasteiger partial charge in [-0.25, -0.2) is 9.37 Å². The average Bonchev–Trinajstić information content (AvgIpc) is 3.16. The van der Waals surface area contributed by atoms with Gasteiger partial charge in [0, 0.05) is 5.75 Å². The van der Waals surface area contributed by atoms with Crippen molar-refractivity contribution in [2.75, 3.05) is 7.11 Å².